The Balaban J connectivity index is 2.42. The SMILES string of the molecule is Cc1cc([N+](=O)[O-])ccc1-c1nnc(CN)o1. The van der Waals surface area contributed by atoms with Crippen molar-refractivity contribution in [1.29, 1.82) is 0 Å². The maximum atomic E-state index is 10.6. The first-order valence-corrected chi connectivity index (χ1v) is 4.89. The van der Waals surface area contributed by atoms with Gasteiger partial charge in [-0.2, -0.15) is 0 Å². The van der Waals surface area contributed by atoms with Crippen LogP contribution in [0.3, 0.4) is 0 Å². The minimum atomic E-state index is -0.449. The Kier molecular flexibility index (Phi) is 2.84. The van der Waals surface area contributed by atoms with E-state index < -0.39 is 4.92 Å². The Hall–Kier alpha value is -2.28. The number of aromatic nitrogens is 2. The minimum absolute atomic E-state index is 0.0322. The molecule has 1 aromatic carbocycles. The molecule has 0 bridgehead atoms. The zero-order valence-corrected chi connectivity index (χ0v) is 9.08. The number of benzene rings is 1. The van der Waals surface area contributed by atoms with Gasteiger partial charge in [0.1, 0.15) is 0 Å². The van der Waals surface area contributed by atoms with Gasteiger partial charge in [0.25, 0.3) is 5.69 Å². The molecule has 0 unspecified atom stereocenters. The number of aryl methyl sites for hydroxylation is 1. The van der Waals surface area contributed by atoms with Crippen molar-refractivity contribution in [2.24, 2.45) is 5.73 Å². The average molecular weight is 234 g/mol. The average Bonchev–Trinajstić information content (AvgIpc) is 2.77. The van der Waals surface area contributed by atoms with E-state index in [4.69, 9.17) is 10.2 Å². The summed E-state index contributed by atoms with van der Waals surface area (Å²) >= 11 is 0. The highest BCUT2D eigenvalue weighted by Gasteiger charge is 2.13. The lowest BCUT2D eigenvalue weighted by Crippen LogP contribution is -1.95. The van der Waals surface area contributed by atoms with Crippen molar-refractivity contribution in [1.82, 2.24) is 10.2 Å². The molecule has 0 spiro atoms. The fourth-order valence-electron chi connectivity index (χ4n) is 1.45. The Morgan fingerprint density at radius 2 is 2.24 bits per heavy atom. The highest BCUT2D eigenvalue weighted by Crippen LogP contribution is 2.25. The number of nitro groups is 1. The van der Waals surface area contributed by atoms with Gasteiger partial charge in [-0.1, -0.05) is 0 Å². The van der Waals surface area contributed by atoms with Crippen molar-refractivity contribution in [2.45, 2.75) is 13.5 Å². The first kappa shape index (κ1) is 11.2. The second kappa shape index (κ2) is 4.30. The van der Waals surface area contributed by atoms with Gasteiger partial charge in [-0.25, -0.2) is 0 Å². The van der Waals surface area contributed by atoms with E-state index in [1.165, 1.54) is 12.1 Å². The van der Waals surface area contributed by atoms with Crippen LogP contribution >= 0.6 is 0 Å². The van der Waals surface area contributed by atoms with Crippen LogP contribution in [0.15, 0.2) is 22.6 Å². The Morgan fingerprint density at radius 1 is 1.47 bits per heavy atom. The van der Waals surface area contributed by atoms with Crippen molar-refractivity contribution in [2.75, 3.05) is 0 Å². The minimum Gasteiger partial charge on any atom is -0.419 e. The highest BCUT2D eigenvalue weighted by molar-refractivity contribution is 5.60. The quantitative estimate of drug-likeness (QED) is 0.635. The largest absolute Gasteiger partial charge is 0.419 e. The summed E-state index contributed by atoms with van der Waals surface area (Å²) in [5.41, 5.74) is 6.76. The van der Waals surface area contributed by atoms with Crippen LogP contribution in [0.2, 0.25) is 0 Å². The fraction of sp³-hybridized carbons (Fsp3) is 0.200. The van der Waals surface area contributed by atoms with Crippen LogP contribution in [0.1, 0.15) is 11.5 Å². The lowest BCUT2D eigenvalue weighted by atomic mass is 10.1. The summed E-state index contributed by atoms with van der Waals surface area (Å²) in [5, 5.41) is 18.1. The molecule has 1 aromatic heterocycles. The van der Waals surface area contributed by atoms with E-state index in [0.29, 0.717) is 22.9 Å². The molecule has 0 aliphatic heterocycles. The standard InChI is InChI=1S/C10H10N4O3/c1-6-4-7(14(15)16)2-3-8(6)10-13-12-9(5-11)17-10/h2-4H,5,11H2,1H3. The normalized spacial score (nSPS) is 10.5. The third kappa shape index (κ3) is 2.13. The fourth-order valence-corrected chi connectivity index (χ4v) is 1.45. The van der Waals surface area contributed by atoms with Crippen molar-refractivity contribution in [3.05, 3.63) is 39.8 Å². The molecule has 0 fully saturated rings. The number of hydrogen-bond acceptors (Lipinski definition) is 6. The summed E-state index contributed by atoms with van der Waals surface area (Å²) in [6.45, 7) is 1.91. The summed E-state index contributed by atoms with van der Waals surface area (Å²) in [6, 6.07) is 4.44. The van der Waals surface area contributed by atoms with Crippen LogP contribution in [-0.2, 0) is 6.54 Å². The molecule has 17 heavy (non-hydrogen) atoms. The van der Waals surface area contributed by atoms with E-state index in [-0.39, 0.29) is 12.2 Å². The molecule has 88 valence electrons. The Bertz CT molecular complexity index is 564. The molecule has 1 heterocycles. The van der Waals surface area contributed by atoms with Gasteiger partial charge in [0.2, 0.25) is 11.8 Å². The van der Waals surface area contributed by atoms with E-state index >= 15 is 0 Å². The number of hydrogen-bond donors (Lipinski definition) is 1. The van der Waals surface area contributed by atoms with Gasteiger partial charge in [-0.05, 0) is 18.6 Å². The molecule has 2 aromatic rings. The molecule has 0 radical (unpaired) electrons. The highest BCUT2D eigenvalue weighted by atomic mass is 16.6. The van der Waals surface area contributed by atoms with Gasteiger partial charge in [0, 0.05) is 17.7 Å². The number of non-ortho nitro benzene ring substituents is 1. The van der Waals surface area contributed by atoms with Crippen LogP contribution in [0.25, 0.3) is 11.5 Å². The molecule has 2 N–H and O–H groups in total. The molecule has 7 nitrogen and oxygen atoms in total. The molecule has 0 atom stereocenters. The van der Waals surface area contributed by atoms with Gasteiger partial charge in [-0.3, -0.25) is 10.1 Å². The van der Waals surface area contributed by atoms with E-state index in [0.717, 1.165) is 0 Å². The summed E-state index contributed by atoms with van der Waals surface area (Å²) in [5.74, 6) is 0.649. The van der Waals surface area contributed by atoms with Crippen molar-refractivity contribution < 1.29 is 9.34 Å². The summed E-state index contributed by atoms with van der Waals surface area (Å²) < 4.78 is 5.28. The zero-order chi connectivity index (χ0) is 12.4. The predicted octanol–water partition coefficient (Wildman–Crippen LogP) is 1.41. The second-order valence-corrected chi connectivity index (χ2v) is 3.46. The monoisotopic (exact) mass is 234 g/mol. The summed E-state index contributed by atoms with van der Waals surface area (Å²) in [7, 11) is 0. The molecule has 0 amide bonds. The first-order valence-electron chi connectivity index (χ1n) is 4.89. The number of nitro benzene ring substituents is 1. The van der Waals surface area contributed by atoms with E-state index in [1.54, 1.807) is 13.0 Å². The van der Waals surface area contributed by atoms with E-state index in [1.807, 2.05) is 0 Å². The van der Waals surface area contributed by atoms with Gasteiger partial charge in [-0.15, -0.1) is 10.2 Å². The van der Waals surface area contributed by atoms with Crippen LogP contribution in [-0.4, -0.2) is 15.1 Å². The molecule has 0 aliphatic rings. The van der Waals surface area contributed by atoms with Crippen LogP contribution in [0, 0.1) is 17.0 Å². The second-order valence-electron chi connectivity index (χ2n) is 3.46. The molecule has 2 rings (SSSR count). The molecular formula is C10H10N4O3. The molecule has 0 saturated heterocycles. The molecule has 0 saturated carbocycles. The van der Waals surface area contributed by atoms with Gasteiger partial charge < -0.3 is 10.2 Å². The maximum absolute atomic E-state index is 10.6. The van der Waals surface area contributed by atoms with Crippen LogP contribution < -0.4 is 5.73 Å². The van der Waals surface area contributed by atoms with Gasteiger partial charge >= 0.3 is 0 Å². The van der Waals surface area contributed by atoms with Crippen molar-refractivity contribution >= 4 is 5.69 Å². The van der Waals surface area contributed by atoms with Crippen LogP contribution in [0.4, 0.5) is 5.69 Å². The Labute approximate surface area is 96.4 Å². The third-order valence-corrected chi connectivity index (χ3v) is 2.29. The van der Waals surface area contributed by atoms with E-state index in [9.17, 15) is 10.1 Å². The Morgan fingerprint density at radius 3 is 2.76 bits per heavy atom. The summed E-state index contributed by atoms with van der Waals surface area (Å²) in [4.78, 5) is 10.1. The molecular weight excluding hydrogens is 224 g/mol. The zero-order valence-electron chi connectivity index (χ0n) is 9.08. The summed E-state index contributed by atoms with van der Waals surface area (Å²) in [6.07, 6.45) is 0. The van der Waals surface area contributed by atoms with Gasteiger partial charge in [0.15, 0.2) is 0 Å². The lowest BCUT2D eigenvalue weighted by molar-refractivity contribution is -0.384. The molecule has 0 aliphatic carbocycles. The smallest absolute Gasteiger partial charge is 0.269 e. The van der Waals surface area contributed by atoms with Crippen LogP contribution in [0.5, 0.6) is 0 Å². The third-order valence-electron chi connectivity index (χ3n) is 2.29. The van der Waals surface area contributed by atoms with Crippen molar-refractivity contribution in [3.8, 4) is 11.5 Å². The number of rotatable bonds is 3. The molecule has 7 heteroatoms. The van der Waals surface area contributed by atoms with Gasteiger partial charge in [0.05, 0.1) is 11.5 Å². The van der Waals surface area contributed by atoms with Crippen molar-refractivity contribution in [3.63, 3.8) is 0 Å². The lowest BCUT2D eigenvalue weighted by Gasteiger charge is -2.00. The predicted molar refractivity (Wildman–Crippen MR) is 59.0 cm³/mol. The maximum Gasteiger partial charge on any atom is 0.269 e. The topological polar surface area (TPSA) is 108 Å². The number of nitrogens with zero attached hydrogens (tertiary/aromatic N) is 3. The first-order chi connectivity index (χ1) is 8.11. The van der Waals surface area contributed by atoms with E-state index in [2.05, 4.69) is 10.2 Å². The number of nitrogens with two attached hydrogens (primary N) is 1.